The molecule has 0 saturated heterocycles. The summed E-state index contributed by atoms with van der Waals surface area (Å²) in [5.41, 5.74) is 1.82. The summed E-state index contributed by atoms with van der Waals surface area (Å²) in [5, 5.41) is 5.28. The smallest absolute Gasteiger partial charge is 0.261 e. The van der Waals surface area contributed by atoms with E-state index >= 15 is 0 Å². The van der Waals surface area contributed by atoms with E-state index in [2.05, 4.69) is 11.4 Å². The van der Waals surface area contributed by atoms with Gasteiger partial charge in [-0.25, -0.2) is 0 Å². The van der Waals surface area contributed by atoms with E-state index in [-0.39, 0.29) is 17.6 Å². The van der Waals surface area contributed by atoms with Gasteiger partial charge in [-0.15, -0.1) is 0 Å². The van der Waals surface area contributed by atoms with Crippen LogP contribution in [0.4, 0.5) is 0 Å². The third kappa shape index (κ3) is 4.07. The van der Waals surface area contributed by atoms with Crippen LogP contribution >= 0.6 is 0 Å². The zero-order chi connectivity index (χ0) is 20.6. The van der Waals surface area contributed by atoms with E-state index in [0.717, 1.165) is 27.6 Å². The summed E-state index contributed by atoms with van der Waals surface area (Å²) in [7, 11) is 0. The van der Waals surface area contributed by atoms with Crippen LogP contribution in [0.3, 0.4) is 0 Å². The Kier molecular flexibility index (Phi) is 4.95. The van der Waals surface area contributed by atoms with E-state index in [1.165, 1.54) is 0 Å². The van der Waals surface area contributed by atoms with E-state index in [4.69, 9.17) is 9.47 Å². The summed E-state index contributed by atoms with van der Waals surface area (Å²) in [4.78, 5) is 13.0. The Morgan fingerprint density at radius 3 is 2.72 bits per heavy atom. The highest BCUT2D eigenvalue weighted by Gasteiger charge is 2.35. The Morgan fingerprint density at radius 2 is 1.90 bits per heavy atom. The molecule has 0 aromatic heterocycles. The maximum atomic E-state index is 13.0. The molecular weight excluding hydrogens is 362 g/mol. The fourth-order valence-electron chi connectivity index (χ4n) is 3.93. The van der Waals surface area contributed by atoms with Gasteiger partial charge < -0.3 is 14.8 Å². The van der Waals surface area contributed by atoms with Crippen molar-refractivity contribution in [2.75, 3.05) is 0 Å². The number of aryl methyl sites for hydroxylation is 1. The summed E-state index contributed by atoms with van der Waals surface area (Å²) in [6, 6.07) is 19.9. The lowest BCUT2D eigenvalue weighted by Gasteiger charge is -2.38. The van der Waals surface area contributed by atoms with Gasteiger partial charge in [-0.2, -0.15) is 0 Å². The highest BCUT2D eigenvalue weighted by Crippen LogP contribution is 2.40. The predicted octanol–water partition coefficient (Wildman–Crippen LogP) is 5.33. The normalized spacial score (nSPS) is 18.4. The summed E-state index contributed by atoms with van der Waals surface area (Å²) < 4.78 is 12.2. The maximum absolute atomic E-state index is 13.0. The van der Waals surface area contributed by atoms with Gasteiger partial charge in [0.25, 0.3) is 5.91 Å². The van der Waals surface area contributed by atoms with E-state index in [9.17, 15) is 4.79 Å². The van der Waals surface area contributed by atoms with Gasteiger partial charge in [-0.3, -0.25) is 4.79 Å². The monoisotopic (exact) mass is 389 g/mol. The Balaban J connectivity index is 1.54. The molecule has 2 atom stereocenters. The molecule has 0 saturated carbocycles. The summed E-state index contributed by atoms with van der Waals surface area (Å²) in [6.45, 7) is 7.93. The molecule has 1 aliphatic heterocycles. The van der Waals surface area contributed by atoms with Crippen molar-refractivity contribution < 1.29 is 14.3 Å². The van der Waals surface area contributed by atoms with Gasteiger partial charge in [-0.05, 0) is 45.2 Å². The van der Waals surface area contributed by atoms with Crippen LogP contribution in [0.5, 0.6) is 11.5 Å². The molecule has 4 nitrogen and oxygen atoms in total. The molecule has 0 aliphatic carbocycles. The molecule has 150 valence electrons. The minimum absolute atomic E-state index is 0.111. The first kappa shape index (κ1) is 19.3. The molecule has 1 heterocycles. The van der Waals surface area contributed by atoms with E-state index in [1.54, 1.807) is 6.92 Å². The molecule has 1 aliphatic rings. The molecule has 1 N–H and O–H groups in total. The first-order chi connectivity index (χ1) is 13.8. The van der Waals surface area contributed by atoms with Gasteiger partial charge in [0.15, 0.2) is 6.10 Å². The number of carbonyl (C=O) groups excluding carboxylic acids is 1. The van der Waals surface area contributed by atoms with Crippen molar-refractivity contribution in [1.82, 2.24) is 5.32 Å². The van der Waals surface area contributed by atoms with Crippen molar-refractivity contribution in [2.24, 2.45) is 0 Å². The van der Waals surface area contributed by atoms with Crippen LogP contribution < -0.4 is 14.8 Å². The minimum atomic E-state index is -0.611. The third-order valence-corrected chi connectivity index (χ3v) is 5.36. The van der Waals surface area contributed by atoms with Gasteiger partial charge in [0.1, 0.15) is 17.1 Å². The zero-order valence-corrected chi connectivity index (χ0v) is 17.4. The van der Waals surface area contributed by atoms with Crippen LogP contribution in [0.2, 0.25) is 0 Å². The van der Waals surface area contributed by atoms with Crippen LogP contribution in [0.1, 0.15) is 44.4 Å². The van der Waals surface area contributed by atoms with Gasteiger partial charge in [0.2, 0.25) is 0 Å². The fourth-order valence-corrected chi connectivity index (χ4v) is 3.93. The molecule has 0 radical (unpaired) electrons. The lowest BCUT2D eigenvalue weighted by Crippen LogP contribution is -2.44. The van der Waals surface area contributed by atoms with Gasteiger partial charge in [0.05, 0.1) is 6.04 Å². The summed E-state index contributed by atoms with van der Waals surface area (Å²) >= 11 is 0. The number of ether oxygens (including phenoxy) is 2. The lowest BCUT2D eigenvalue weighted by molar-refractivity contribution is -0.128. The van der Waals surface area contributed by atoms with Crippen LogP contribution in [0.25, 0.3) is 10.8 Å². The summed E-state index contributed by atoms with van der Waals surface area (Å²) in [5.74, 6) is 1.42. The molecule has 0 fully saturated rings. The second-order valence-electron chi connectivity index (χ2n) is 8.41. The SMILES string of the molecule is Cc1ccc2c(c1)[C@@H](NC(=O)[C@@H](C)Oc1cccc3ccccc13)CC(C)(C)O2. The molecule has 0 unspecified atom stereocenters. The predicted molar refractivity (Wildman–Crippen MR) is 115 cm³/mol. The molecule has 0 spiro atoms. The summed E-state index contributed by atoms with van der Waals surface area (Å²) in [6.07, 6.45) is 0.0935. The Hall–Kier alpha value is -3.01. The number of nitrogens with one attached hydrogen (secondary N) is 1. The standard InChI is InChI=1S/C25H27NO3/c1-16-12-13-23-20(14-16)21(15-25(3,4)29-23)26-24(27)17(2)28-22-11-7-9-18-8-5-6-10-19(18)22/h5-14,17,21H,15H2,1-4H3,(H,26,27)/t17-,21+/m1/s1. The number of rotatable bonds is 4. The van der Waals surface area contributed by atoms with Crippen LogP contribution in [-0.2, 0) is 4.79 Å². The van der Waals surface area contributed by atoms with Crippen LogP contribution in [0.15, 0.2) is 60.7 Å². The Bertz CT molecular complexity index is 1050. The average molecular weight is 389 g/mol. The molecule has 3 aromatic rings. The zero-order valence-electron chi connectivity index (χ0n) is 17.4. The van der Waals surface area contributed by atoms with Crippen LogP contribution in [-0.4, -0.2) is 17.6 Å². The first-order valence-corrected chi connectivity index (χ1v) is 10.1. The van der Waals surface area contributed by atoms with Crippen molar-refractivity contribution in [1.29, 1.82) is 0 Å². The van der Waals surface area contributed by atoms with Crippen molar-refractivity contribution >= 4 is 16.7 Å². The number of hydrogen-bond donors (Lipinski definition) is 1. The van der Waals surface area contributed by atoms with Crippen molar-refractivity contribution in [2.45, 2.75) is 51.9 Å². The largest absolute Gasteiger partial charge is 0.487 e. The number of hydrogen-bond acceptors (Lipinski definition) is 3. The van der Waals surface area contributed by atoms with Crippen molar-refractivity contribution in [3.8, 4) is 11.5 Å². The van der Waals surface area contributed by atoms with Gasteiger partial charge in [0, 0.05) is 17.4 Å². The molecule has 1 amide bonds. The second-order valence-corrected chi connectivity index (χ2v) is 8.41. The molecule has 29 heavy (non-hydrogen) atoms. The average Bonchev–Trinajstić information content (AvgIpc) is 2.68. The quantitative estimate of drug-likeness (QED) is 0.656. The highest BCUT2D eigenvalue weighted by atomic mass is 16.5. The first-order valence-electron chi connectivity index (χ1n) is 10.1. The number of benzene rings is 3. The Labute approximate surface area is 171 Å². The van der Waals surface area contributed by atoms with Gasteiger partial charge in [-0.1, -0.05) is 54.1 Å². The molecule has 0 bridgehead atoms. The van der Waals surface area contributed by atoms with Crippen molar-refractivity contribution in [3.05, 3.63) is 71.8 Å². The number of carbonyl (C=O) groups is 1. The maximum Gasteiger partial charge on any atom is 0.261 e. The Morgan fingerprint density at radius 1 is 1.14 bits per heavy atom. The van der Waals surface area contributed by atoms with Crippen molar-refractivity contribution in [3.63, 3.8) is 0 Å². The van der Waals surface area contributed by atoms with E-state index in [0.29, 0.717) is 12.2 Å². The van der Waals surface area contributed by atoms with Gasteiger partial charge >= 0.3 is 0 Å². The molecule has 4 heteroatoms. The highest BCUT2D eigenvalue weighted by molar-refractivity contribution is 5.89. The third-order valence-electron chi connectivity index (χ3n) is 5.36. The number of amides is 1. The molecular formula is C25H27NO3. The second kappa shape index (κ2) is 7.43. The molecule has 3 aromatic carbocycles. The molecule has 4 rings (SSSR count). The van der Waals surface area contributed by atoms with E-state index < -0.39 is 6.10 Å². The number of fused-ring (bicyclic) bond motifs is 2. The topological polar surface area (TPSA) is 47.6 Å². The minimum Gasteiger partial charge on any atom is -0.487 e. The van der Waals surface area contributed by atoms with E-state index in [1.807, 2.05) is 75.4 Å². The lowest BCUT2D eigenvalue weighted by atomic mass is 9.89. The fraction of sp³-hybridized carbons (Fsp3) is 0.320. The van der Waals surface area contributed by atoms with Crippen LogP contribution in [0, 0.1) is 6.92 Å².